The number of nitrogens with zero attached hydrogens (tertiary/aromatic N) is 1. The van der Waals surface area contributed by atoms with Crippen molar-refractivity contribution in [2.45, 2.75) is 25.4 Å². The Morgan fingerprint density at radius 3 is 2.62 bits per heavy atom. The maximum Gasteiger partial charge on any atom is 0.222 e. The predicted molar refractivity (Wildman–Crippen MR) is 58.6 cm³/mol. The van der Waals surface area contributed by atoms with Crippen molar-refractivity contribution in [2.24, 2.45) is 5.92 Å². The maximum atomic E-state index is 11.8. The van der Waals surface area contributed by atoms with Crippen molar-refractivity contribution in [3.8, 4) is 0 Å². The molecule has 2 aliphatic heterocycles. The number of sulfone groups is 1. The largest absolute Gasteiger partial charge is 0.391 e. The molecule has 0 aliphatic carbocycles. The third kappa shape index (κ3) is 2.74. The van der Waals surface area contributed by atoms with Gasteiger partial charge in [0, 0.05) is 19.5 Å². The van der Waals surface area contributed by atoms with Gasteiger partial charge in [-0.2, -0.15) is 0 Å². The Labute approximate surface area is 95.4 Å². The molecular formula is C10H17NO4S. The smallest absolute Gasteiger partial charge is 0.222 e. The van der Waals surface area contributed by atoms with Crippen LogP contribution in [0.4, 0.5) is 0 Å². The van der Waals surface area contributed by atoms with E-state index in [-0.39, 0.29) is 23.3 Å². The molecule has 0 aromatic carbocycles. The minimum absolute atomic E-state index is 0.0151. The van der Waals surface area contributed by atoms with Gasteiger partial charge in [0.2, 0.25) is 5.91 Å². The monoisotopic (exact) mass is 247 g/mol. The van der Waals surface area contributed by atoms with E-state index >= 15 is 0 Å². The fourth-order valence-corrected chi connectivity index (χ4v) is 4.24. The van der Waals surface area contributed by atoms with Crippen LogP contribution in [0.1, 0.15) is 19.3 Å². The highest BCUT2D eigenvalue weighted by Gasteiger charge is 2.32. The normalized spacial score (nSPS) is 33.2. The van der Waals surface area contributed by atoms with Crippen molar-refractivity contribution >= 4 is 15.7 Å². The van der Waals surface area contributed by atoms with Gasteiger partial charge in [-0.05, 0) is 18.8 Å². The van der Waals surface area contributed by atoms with Gasteiger partial charge >= 0.3 is 0 Å². The van der Waals surface area contributed by atoms with E-state index in [2.05, 4.69) is 0 Å². The second kappa shape index (κ2) is 4.33. The Morgan fingerprint density at radius 1 is 1.38 bits per heavy atom. The zero-order chi connectivity index (χ0) is 11.8. The number of aliphatic hydroxyl groups is 1. The van der Waals surface area contributed by atoms with Gasteiger partial charge in [-0.3, -0.25) is 4.79 Å². The highest BCUT2D eigenvalue weighted by molar-refractivity contribution is 7.91. The van der Waals surface area contributed by atoms with Crippen molar-refractivity contribution in [1.29, 1.82) is 0 Å². The van der Waals surface area contributed by atoms with Crippen molar-refractivity contribution in [2.75, 3.05) is 24.6 Å². The highest BCUT2D eigenvalue weighted by Crippen LogP contribution is 2.23. The molecule has 0 aromatic heterocycles. The van der Waals surface area contributed by atoms with Crippen LogP contribution in [0.25, 0.3) is 0 Å². The summed E-state index contributed by atoms with van der Waals surface area (Å²) in [5.74, 6) is 0.330. The molecule has 16 heavy (non-hydrogen) atoms. The molecule has 2 rings (SSSR count). The Balaban J connectivity index is 1.84. The first-order valence-corrected chi connectivity index (χ1v) is 7.45. The summed E-state index contributed by atoms with van der Waals surface area (Å²) in [5.41, 5.74) is 0. The van der Waals surface area contributed by atoms with Gasteiger partial charge in [-0.1, -0.05) is 0 Å². The predicted octanol–water partition coefficient (Wildman–Crippen LogP) is -0.596. The minimum Gasteiger partial charge on any atom is -0.391 e. The summed E-state index contributed by atoms with van der Waals surface area (Å²) in [7, 11) is -2.90. The molecule has 2 heterocycles. The lowest BCUT2D eigenvalue weighted by atomic mass is 10.0. The van der Waals surface area contributed by atoms with E-state index in [1.54, 1.807) is 4.90 Å². The molecule has 1 N–H and O–H groups in total. The number of β-amino-alcohol motifs (C(OH)–C–C–N with tert-alkyl or cyclic N) is 1. The molecule has 0 saturated carbocycles. The van der Waals surface area contributed by atoms with E-state index in [1.165, 1.54) is 0 Å². The van der Waals surface area contributed by atoms with Gasteiger partial charge in [0.1, 0.15) is 0 Å². The third-order valence-corrected chi connectivity index (χ3v) is 5.14. The molecule has 92 valence electrons. The number of carbonyl (C=O) groups excluding carboxylic acids is 1. The zero-order valence-corrected chi connectivity index (χ0v) is 9.95. The van der Waals surface area contributed by atoms with Crippen molar-refractivity contribution < 1.29 is 18.3 Å². The van der Waals surface area contributed by atoms with Crippen LogP contribution >= 0.6 is 0 Å². The van der Waals surface area contributed by atoms with Crippen LogP contribution in [0.3, 0.4) is 0 Å². The lowest BCUT2D eigenvalue weighted by Crippen LogP contribution is -2.31. The van der Waals surface area contributed by atoms with Crippen LogP contribution in [-0.4, -0.2) is 55.0 Å². The van der Waals surface area contributed by atoms with Gasteiger partial charge < -0.3 is 10.0 Å². The summed E-state index contributed by atoms with van der Waals surface area (Å²) >= 11 is 0. The van der Waals surface area contributed by atoms with Gasteiger partial charge in [-0.15, -0.1) is 0 Å². The van der Waals surface area contributed by atoms with E-state index in [9.17, 15) is 18.3 Å². The van der Waals surface area contributed by atoms with E-state index in [0.717, 1.165) is 0 Å². The summed E-state index contributed by atoms with van der Waals surface area (Å²) in [6.07, 6.45) is 1.14. The second-order valence-electron chi connectivity index (χ2n) is 4.76. The minimum atomic E-state index is -2.90. The molecule has 0 aromatic rings. The van der Waals surface area contributed by atoms with E-state index in [1.807, 2.05) is 0 Å². The average Bonchev–Trinajstić information content (AvgIpc) is 2.73. The topological polar surface area (TPSA) is 74.7 Å². The molecule has 6 heteroatoms. The molecular weight excluding hydrogens is 230 g/mol. The zero-order valence-electron chi connectivity index (χ0n) is 9.13. The lowest BCUT2D eigenvalue weighted by Gasteiger charge is -2.17. The summed E-state index contributed by atoms with van der Waals surface area (Å²) in [6.45, 7) is 0.998. The highest BCUT2D eigenvalue weighted by atomic mass is 32.2. The molecule has 2 aliphatic rings. The summed E-state index contributed by atoms with van der Waals surface area (Å²) in [5, 5.41) is 9.30. The first kappa shape index (κ1) is 11.9. The van der Waals surface area contributed by atoms with E-state index in [0.29, 0.717) is 32.4 Å². The van der Waals surface area contributed by atoms with Crippen LogP contribution in [0, 0.1) is 5.92 Å². The van der Waals surface area contributed by atoms with Gasteiger partial charge in [0.05, 0.1) is 17.6 Å². The fourth-order valence-electron chi connectivity index (χ4n) is 2.38. The number of amides is 1. The van der Waals surface area contributed by atoms with Crippen molar-refractivity contribution in [3.05, 3.63) is 0 Å². The number of aliphatic hydroxyl groups excluding tert-OH is 1. The summed E-state index contributed by atoms with van der Waals surface area (Å²) in [6, 6.07) is 0. The number of rotatable bonds is 2. The Bertz CT molecular complexity index is 378. The summed E-state index contributed by atoms with van der Waals surface area (Å²) < 4.78 is 22.5. The number of hydrogen-bond acceptors (Lipinski definition) is 4. The van der Waals surface area contributed by atoms with E-state index in [4.69, 9.17) is 0 Å². The molecule has 1 unspecified atom stereocenters. The second-order valence-corrected chi connectivity index (χ2v) is 6.98. The average molecular weight is 247 g/mol. The number of carbonyl (C=O) groups is 1. The molecule has 2 fully saturated rings. The van der Waals surface area contributed by atoms with Crippen LogP contribution in [0.2, 0.25) is 0 Å². The summed E-state index contributed by atoms with van der Waals surface area (Å²) in [4.78, 5) is 13.4. The van der Waals surface area contributed by atoms with Gasteiger partial charge in [-0.25, -0.2) is 8.42 Å². The number of likely N-dealkylation sites (tertiary alicyclic amines) is 1. The van der Waals surface area contributed by atoms with Gasteiger partial charge in [0.15, 0.2) is 9.84 Å². The van der Waals surface area contributed by atoms with Crippen molar-refractivity contribution in [3.63, 3.8) is 0 Å². The maximum absolute atomic E-state index is 11.8. The number of hydrogen-bond donors (Lipinski definition) is 1. The Morgan fingerprint density at radius 2 is 2.12 bits per heavy atom. The third-order valence-electron chi connectivity index (χ3n) is 3.31. The molecule has 2 saturated heterocycles. The van der Waals surface area contributed by atoms with Crippen molar-refractivity contribution in [1.82, 2.24) is 4.90 Å². The lowest BCUT2D eigenvalue weighted by molar-refractivity contribution is -0.131. The van der Waals surface area contributed by atoms with Crippen LogP contribution in [-0.2, 0) is 14.6 Å². The first-order chi connectivity index (χ1) is 7.46. The fraction of sp³-hybridized carbons (Fsp3) is 0.900. The van der Waals surface area contributed by atoms with E-state index < -0.39 is 15.9 Å². The molecule has 2 atom stereocenters. The molecule has 5 nitrogen and oxygen atoms in total. The Hall–Kier alpha value is -0.620. The molecule has 0 bridgehead atoms. The SMILES string of the molecule is O=C(CC1CCS(=O)(=O)C1)N1CC[C@@H](O)C1. The Kier molecular flexibility index (Phi) is 3.21. The first-order valence-electron chi connectivity index (χ1n) is 5.62. The van der Waals surface area contributed by atoms with Gasteiger partial charge in [0.25, 0.3) is 0 Å². The quantitative estimate of drug-likeness (QED) is 0.707. The molecule has 1 amide bonds. The van der Waals surface area contributed by atoms with Crippen LogP contribution < -0.4 is 0 Å². The standard InChI is InChI=1S/C10H17NO4S/c12-9-1-3-11(6-9)10(13)5-8-2-4-16(14,15)7-8/h8-9,12H,1-7H2/t8?,9-/m1/s1. The molecule has 0 radical (unpaired) electrons. The van der Waals surface area contributed by atoms with Crippen LogP contribution in [0.15, 0.2) is 0 Å². The van der Waals surface area contributed by atoms with Crippen LogP contribution in [0.5, 0.6) is 0 Å². The molecule has 0 spiro atoms.